The van der Waals surface area contributed by atoms with Gasteiger partial charge in [-0.1, -0.05) is 42.5 Å². The Morgan fingerprint density at radius 2 is 1.87 bits per heavy atom. The summed E-state index contributed by atoms with van der Waals surface area (Å²) in [5.41, 5.74) is 3.98. The van der Waals surface area contributed by atoms with E-state index in [4.69, 9.17) is 19.2 Å². The van der Waals surface area contributed by atoms with E-state index in [2.05, 4.69) is 5.32 Å². The minimum atomic E-state index is -0.454. The van der Waals surface area contributed by atoms with Crippen LogP contribution in [0.1, 0.15) is 37.3 Å². The number of methoxy groups -OCH3 is 1. The van der Waals surface area contributed by atoms with E-state index < -0.39 is 6.09 Å². The summed E-state index contributed by atoms with van der Waals surface area (Å²) >= 11 is 0. The molecule has 0 aliphatic heterocycles. The third-order valence-electron chi connectivity index (χ3n) is 4.77. The molecule has 2 aromatic rings. The number of carbonyl (C=O) groups excluding carboxylic acids is 1. The standard InChI is InChI=1S/C24H28N2O4/c1-3-29-24(27)26-22-13-12-20(25-16-19-10-7-11-21(14-19)28-2)15-23(22)30-17-18-8-5-4-6-9-18/h4-11,14H,3,12-13,15-17H2,1-2H3,(H,26,27). The summed E-state index contributed by atoms with van der Waals surface area (Å²) < 4.78 is 16.4. The van der Waals surface area contributed by atoms with Crippen LogP contribution in [0.25, 0.3) is 0 Å². The highest BCUT2D eigenvalue weighted by molar-refractivity contribution is 5.88. The van der Waals surface area contributed by atoms with Crippen molar-refractivity contribution in [1.82, 2.24) is 5.32 Å². The van der Waals surface area contributed by atoms with Crippen molar-refractivity contribution >= 4 is 11.8 Å². The first-order valence-corrected chi connectivity index (χ1v) is 10.2. The maximum atomic E-state index is 11.9. The van der Waals surface area contributed by atoms with E-state index in [-0.39, 0.29) is 0 Å². The first-order valence-electron chi connectivity index (χ1n) is 10.2. The zero-order chi connectivity index (χ0) is 21.2. The first-order chi connectivity index (χ1) is 14.7. The average molecular weight is 408 g/mol. The normalized spacial score (nSPS) is 15.1. The van der Waals surface area contributed by atoms with Gasteiger partial charge in [-0.15, -0.1) is 0 Å². The van der Waals surface area contributed by atoms with Gasteiger partial charge in [0.05, 0.1) is 26.0 Å². The van der Waals surface area contributed by atoms with Crippen LogP contribution >= 0.6 is 0 Å². The predicted molar refractivity (Wildman–Crippen MR) is 116 cm³/mol. The Morgan fingerprint density at radius 3 is 2.63 bits per heavy atom. The number of amides is 1. The zero-order valence-corrected chi connectivity index (χ0v) is 17.5. The molecular formula is C24H28N2O4. The van der Waals surface area contributed by atoms with Crippen molar-refractivity contribution in [3.05, 3.63) is 77.2 Å². The van der Waals surface area contributed by atoms with Crippen molar-refractivity contribution in [1.29, 1.82) is 0 Å². The highest BCUT2D eigenvalue weighted by Crippen LogP contribution is 2.25. The maximum Gasteiger partial charge on any atom is 0.411 e. The third-order valence-corrected chi connectivity index (χ3v) is 4.77. The number of aliphatic imine (C=N–C) groups is 1. The van der Waals surface area contributed by atoms with Crippen LogP contribution in [0.4, 0.5) is 4.79 Å². The molecule has 0 fully saturated rings. The minimum Gasteiger partial charge on any atom is -0.497 e. The Labute approximate surface area is 177 Å². The molecule has 0 saturated carbocycles. The molecule has 1 amide bonds. The molecule has 1 aliphatic rings. The largest absolute Gasteiger partial charge is 0.497 e. The lowest BCUT2D eigenvalue weighted by atomic mass is 10.00. The van der Waals surface area contributed by atoms with Gasteiger partial charge in [0, 0.05) is 12.1 Å². The number of alkyl carbamates (subject to hydrolysis) is 1. The Kier molecular flexibility index (Phi) is 7.89. The first kappa shape index (κ1) is 21.4. The molecule has 0 unspecified atom stereocenters. The number of benzene rings is 2. The summed E-state index contributed by atoms with van der Waals surface area (Å²) in [7, 11) is 1.66. The summed E-state index contributed by atoms with van der Waals surface area (Å²) in [4.78, 5) is 16.7. The minimum absolute atomic E-state index is 0.326. The lowest BCUT2D eigenvalue weighted by molar-refractivity contribution is 0.151. The Hall–Kier alpha value is -3.28. The fourth-order valence-electron chi connectivity index (χ4n) is 3.20. The van der Waals surface area contributed by atoms with Gasteiger partial charge in [0.25, 0.3) is 0 Å². The van der Waals surface area contributed by atoms with Crippen LogP contribution < -0.4 is 10.1 Å². The number of rotatable bonds is 8. The molecule has 158 valence electrons. The number of ether oxygens (including phenoxy) is 3. The molecule has 0 spiro atoms. The fourth-order valence-corrected chi connectivity index (χ4v) is 3.20. The number of hydrogen-bond acceptors (Lipinski definition) is 5. The molecule has 30 heavy (non-hydrogen) atoms. The van der Waals surface area contributed by atoms with Gasteiger partial charge in [-0.25, -0.2) is 4.79 Å². The lowest BCUT2D eigenvalue weighted by Gasteiger charge is -2.23. The quantitative estimate of drug-likeness (QED) is 0.668. The highest BCUT2D eigenvalue weighted by atomic mass is 16.5. The molecule has 1 aliphatic carbocycles. The van der Waals surface area contributed by atoms with Crippen LogP contribution in [-0.4, -0.2) is 25.5 Å². The highest BCUT2D eigenvalue weighted by Gasteiger charge is 2.21. The van der Waals surface area contributed by atoms with E-state index in [0.717, 1.165) is 40.5 Å². The topological polar surface area (TPSA) is 69.2 Å². The van der Waals surface area contributed by atoms with Gasteiger partial charge in [0.1, 0.15) is 18.1 Å². The van der Waals surface area contributed by atoms with Crippen LogP contribution in [-0.2, 0) is 22.6 Å². The second kappa shape index (κ2) is 11.0. The molecular weight excluding hydrogens is 380 g/mol. The Morgan fingerprint density at radius 1 is 1.07 bits per heavy atom. The van der Waals surface area contributed by atoms with E-state index in [1.807, 2.05) is 54.6 Å². The van der Waals surface area contributed by atoms with Gasteiger partial charge in [-0.2, -0.15) is 0 Å². The molecule has 0 bridgehead atoms. The number of allylic oxidation sites excluding steroid dienone is 2. The number of carbonyl (C=O) groups is 1. The van der Waals surface area contributed by atoms with E-state index in [0.29, 0.717) is 32.6 Å². The van der Waals surface area contributed by atoms with E-state index >= 15 is 0 Å². The Balaban J connectivity index is 1.71. The van der Waals surface area contributed by atoms with Gasteiger partial charge in [-0.05, 0) is 43.0 Å². The van der Waals surface area contributed by atoms with Gasteiger partial charge < -0.3 is 14.2 Å². The van der Waals surface area contributed by atoms with Gasteiger partial charge in [0.15, 0.2) is 0 Å². The molecule has 6 heteroatoms. The van der Waals surface area contributed by atoms with Gasteiger partial charge >= 0.3 is 6.09 Å². The van der Waals surface area contributed by atoms with Crippen LogP contribution in [0.2, 0.25) is 0 Å². The Bertz CT molecular complexity index is 906. The fraction of sp³-hybridized carbons (Fsp3) is 0.333. The molecule has 0 atom stereocenters. The molecule has 2 aromatic carbocycles. The second-order valence-electron chi connectivity index (χ2n) is 6.93. The summed E-state index contributed by atoms with van der Waals surface area (Å²) in [6.45, 7) is 3.13. The van der Waals surface area contributed by atoms with E-state index in [9.17, 15) is 4.79 Å². The molecule has 6 nitrogen and oxygen atoms in total. The summed E-state index contributed by atoms with van der Waals surface area (Å²) in [5, 5.41) is 2.84. The second-order valence-corrected chi connectivity index (χ2v) is 6.93. The SMILES string of the molecule is CCOC(=O)NC1=C(OCc2ccccc2)CC(=NCc2cccc(OC)c2)CC1. The van der Waals surface area contributed by atoms with Gasteiger partial charge in [-0.3, -0.25) is 10.3 Å². The molecule has 0 heterocycles. The lowest BCUT2D eigenvalue weighted by Crippen LogP contribution is -2.28. The number of nitrogens with zero attached hydrogens (tertiary/aromatic N) is 1. The van der Waals surface area contributed by atoms with E-state index in [1.54, 1.807) is 14.0 Å². The monoisotopic (exact) mass is 408 g/mol. The zero-order valence-electron chi connectivity index (χ0n) is 17.5. The van der Waals surface area contributed by atoms with Crippen molar-refractivity contribution < 1.29 is 19.0 Å². The smallest absolute Gasteiger partial charge is 0.411 e. The average Bonchev–Trinajstić information content (AvgIpc) is 2.78. The number of nitrogens with one attached hydrogen (secondary N) is 1. The van der Waals surface area contributed by atoms with Crippen LogP contribution in [0.15, 0.2) is 71.0 Å². The van der Waals surface area contributed by atoms with Crippen LogP contribution in [0.3, 0.4) is 0 Å². The van der Waals surface area contributed by atoms with E-state index in [1.165, 1.54) is 0 Å². The van der Waals surface area contributed by atoms with Crippen molar-refractivity contribution in [2.75, 3.05) is 13.7 Å². The maximum absolute atomic E-state index is 11.9. The predicted octanol–water partition coefficient (Wildman–Crippen LogP) is 4.99. The summed E-state index contributed by atoms with van der Waals surface area (Å²) in [5.74, 6) is 1.56. The molecule has 0 aromatic heterocycles. The van der Waals surface area contributed by atoms with Crippen LogP contribution in [0, 0.1) is 0 Å². The molecule has 1 N–H and O–H groups in total. The van der Waals surface area contributed by atoms with Gasteiger partial charge in [0.2, 0.25) is 0 Å². The summed E-state index contributed by atoms with van der Waals surface area (Å²) in [6.07, 6.45) is 1.53. The van der Waals surface area contributed by atoms with Crippen LogP contribution in [0.5, 0.6) is 5.75 Å². The molecule has 0 radical (unpaired) electrons. The number of hydrogen-bond donors (Lipinski definition) is 1. The molecule has 0 saturated heterocycles. The van der Waals surface area contributed by atoms with Crippen molar-refractivity contribution in [2.45, 2.75) is 39.3 Å². The van der Waals surface area contributed by atoms with Crippen molar-refractivity contribution in [2.24, 2.45) is 4.99 Å². The third kappa shape index (κ3) is 6.37. The van der Waals surface area contributed by atoms with Crippen molar-refractivity contribution in [3.63, 3.8) is 0 Å². The van der Waals surface area contributed by atoms with Crippen molar-refractivity contribution in [3.8, 4) is 5.75 Å². The summed E-state index contributed by atoms with van der Waals surface area (Å²) in [6, 6.07) is 17.9. The molecule has 3 rings (SSSR count).